The molecule has 1 amide bonds. The van der Waals surface area contributed by atoms with Crippen molar-refractivity contribution in [1.29, 1.82) is 0 Å². The maximum Gasteiger partial charge on any atom is 0.416 e. The molecule has 5 aromatic rings. The molecule has 40 heavy (non-hydrogen) atoms. The molecule has 2 aromatic heterocycles. The van der Waals surface area contributed by atoms with Gasteiger partial charge < -0.3 is 5.32 Å². The molecular weight excluding hydrogens is 559 g/mol. The molecule has 0 aliphatic heterocycles. The lowest BCUT2D eigenvalue weighted by molar-refractivity contribution is -0.137. The smallest absolute Gasteiger partial charge is 0.323 e. The van der Waals surface area contributed by atoms with Gasteiger partial charge in [0.15, 0.2) is 11.0 Å². The molecule has 1 atom stereocenters. The van der Waals surface area contributed by atoms with Gasteiger partial charge in [0.25, 0.3) is 0 Å². The van der Waals surface area contributed by atoms with Crippen molar-refractivity contribution in [2.24, 2.45) is 0 Å². The van der Waals surface area contributed by atoms with Gasteiger partial charge in [-0.2, -0.15) is 13.2 Å². The summed E-state index contributed by atoms with van der Waals surface area (Å²) in [5.74, 6) is -0.0189. The van der Waals surface area contributed by atoms with Crippen molar-refractivity contribution in [2.45, 2.75) is 23.5 Å². The number of hydrogen-bond acceptors (Lipinski definition) is 5. The molecule has 3 aromatic carbocycles. The molecule has 0 fully saturated rings. The van der Waals surface area contributed by atoms with E-state index in [4.69, 9.17) is 11.6 Å². The zero-order valence-corrected chi connectivity index (χ0v) is 22.5. The Labute approximate surface area is 237 Å². The molecule has 11 heteroatoms. The topological polar surface area (TPSA) is 72.7 Å². The van der Waals surface area contributed by atoms with Crippen LogP contribution in [0.25, 0.3) is 17.1 Å². The largest absolute Gasteiger partial charge is 0.416 e. The first-order chi connectivity index (χ1) is 19.2. The first kappa shape index (κ1) is 27.4. The fourth-order valence-electron chi connectivity index (χ4n) is 4.07. The standard InChI is InChI=1S/C29H21ClF3N5OS/c1-18-7-5-6-10-24(18)38-26(20-13-15-34-16-14-20)36-37-28(38)40-25(19-8-3-2-4-9-19)27(39)35-23-17-21(29(31,32)33)11-12-22(23)30/h2-17,25H,1H3,(H,35,39)/t25-/m0/s1. The van der Waals surface area contributed by atoms with Gasteiger partial charge in [-0.25, -0.2) is 0 Å². The Morgan fingerprint density at radius 3 is 2.35 bits per heavy atom. The minimum absolute atomic E-state index is 0.0128. The first-order valence-electron chi connectivity index (χ1n) is 12.0. The van der Waals surface area contributed by atoms with Crippen molar-refractivity contribution >= 4 is 35.0 Å². The maximum atomic E-state index is 13.7. The molecule has 0 aliphatic carbocycles. The highest BCUT2D eigenvalue weighted by Crippen LogP contribution is 2.40. The van der Waals surface area contributed by atoms with E-state index in [2.05, 4.69) is 20.5 Å². The average Bonchev–Trinajstić information content (AvgIpc) is 3.37. The van der Waals surface area contributed by atoms with E-state index in [1.165, 1.54) is 0 Å². The number of amides is 1. The molecule has 0 radical (unpaired) electrons. The Kier molecular flexibility index (Phi) is 7.90. The minimum Gasteiger partial charge on any atom is -0.323 e. The number of hydrogen-bond donors (Lipinski definition) is 1. The number of para-hydroxylation sites is 1. The number of alkyl halides is 3. The lowest BCUT2D eigenvalue weighted by Gasteiger charge is -2.19. The van der Waals surface area contributed by atoms with Crippen LogP contribution in [0, 0.1) is 6.92 Å². The molecule has 0 unspecified atom stereocenters. The van der Waals surface area contributed by atoms with E-state index in [0.717, 1.165) is 46.8 Å². The second-order valence-corrected chi connectivity index (χ2v) is 10.2. The maximum absolute atomic E-state index is 13.7. The van der Waals surface area contributed by atoms with E-state index in [9.17, 15) is 18.0 Å². The van der Waals surface area contributed by atoms with Crippen LogP contribution in [0.4, 0.5) is 18.9 Å². The van der Waals surface area contributed by atoms with Crippen molar-refractivity contribution in [3.05, 3.63) is 119 Å². The highest BCUT2D eigenvalue weighted by atomic mass is 35.5. The highest BCUT2D eigenvalue weighted by Gasteiger charge is 2.32. The van der Waals surface area contributed by atoms with E-state index in [-0.39, 0.29) is 10.7 Å². The summed E-state index contributed by atoms with van der Waals surface area (Å²) in [4.78, 5) is 17.8. The molecule has 0 bridgehead atoms. The van der Waals surface area contributed by atoms with Crippen LogP contribution < -0.4 is 5.32 Å². The van der Waals surface area contributed by atoms with Crippen LogP contribution >= 0.6 is 23.4 Å². The third-order valence-corrected chi connectivity index (χ3v) is 7.57. The van der Waals surface area contributed by atoms with Gasteiger partial charge in [0.2, 0.25) is 5.91 Å². The molecule has 0 spiro atoms. The fourth-order valence-corrected chi connectivity index (χ4v) is 5.28. The number of halogens is 4. The second kappa shape index (κ2) is 11.5. The minimum atomic E-state index is -4.59. The van der Waals surface area contributed by atoms with Gasteiger partial charge in [-0.3, -0.25) is 14.3 Å². The van der Waals surface area contributed by atoms with Crippen molar-refractivity contribution in [3.8, 4) is 17.1 Å². The van der Waals surface area contributed by atoms with Crippen LogP contribution in [0.3, 0.4) is 0 Å². The number of benzene rings is 3. The Bertz CT molecular complexity index is 1650. The first-order valence-corrected chi connectivity index (χ1v) is 13.3. The Morgan fingerprint density at radius 1 is 0.950 bits per heavy atom. The number of thioether (sulfide) groups is 1. The molecule has 1 N–H and O–H groups in total. The van der Waals surface area contributed by atoms with Crippen molar-refractivity contribution < 1.29 is 18.0 Å². The molecule has 202 valence electrons. The van der Waals surface area contributed by atoms with Gasteiger partial charge in [0.05, 0.1) is 22.0 Å². The predicted octanol–water partition coefficient (Wildman–Crippen LogP) is 7.78. The molecule has 0 aliphatic rings. The predicted molar refractivity (Wildman–Crippen MR) is 149 cm³/mol. The zero-order chi connectivity index (χ0) is 28.3. The number of rotatable bonds is 7. The summed E-state index contributed by atoms with van der Waals surface area (Å²) in [6.07, 6.45) is -1.29. The van der Waals surface area contributed by atoms with Gasteiger partial charge in [-0.1, -0.05) is 71.9 Å². The lowest BCUT2D eigenvalue weighted by atomic mass is 10.1. The molecule has 6 nitrogen and oxygen atoms in total. The third-order valence-electron chi connectivity index (χ3n) is 6.04. The Hall–Kier alpha value is -4.15. The summed E-state index contributed by atoms with van der Waals surface area (Å²) in [6.45, 7) is 1.96. The summed E-state index contributed by atoms with van der Waals surface area (Å²) in [5.41, 5.74) is 2.11. The normalized spacial score (nSPS) is 12.2. The number of anilines is 1. The lowest BCUT2D eigenvalue weighted by Crippen LogP contribution is -2.20. The zero-order valence-electron chi connectivity index (χ0n) is 20.9. The SMILES string of the molecule is Cc1ccccc1-n1c(S[C@H](C(=O)Nc2cc(C(F)(F)F)ccc2Cl)c2ccccc2)nnc1-c1ccncc1. The van der Waals surface area contributed by atoms with Crippen LogP contribution in [0.5, 0.6) is 0 Å². The second-order valence-electron chi connectivity index (χ2n) is 8.75. The van der Waals surface area contributed by atoms with Crippen LogP contribution in [-0.2, 0) is 11.0 Å². The number of aromatic nitrogens is 4. The fraction of sp³-hybridized carbons (Fsp3) is 0.103. The van der Waals surface area contributed by atoms with Gasteiger partial charge in [-0.15, -0.1) is 10.2 Å². The Balaban J connectivity index is 1.57. The number of carbonyl (C=O) groups is 1. The van der Waals surface area contributed by atoms with Crippen molar-refractivity contribution in [3.63, 3.8) is 0 Å². The monoisotopic (exact) mass is 579 g/mol. The molecule has 0 saturated heterocycles. The average molecular weight is 580 g/mol. The summed E-state index contributed by atoms with van der Waals surface area (Å²) in [7, 11) is 0. The van der Waals surface area contributed by atoms with E-state index in [1.54, 1.807) is 36.7 Å². The van der Waals surface area contributed by atoms with Crippen LogP contribution in [0.2, 0.25) is 5.02 Å². The summed E-state index contributed by atoms with van der Waals surface area (Å²) < 4.78 is 41.9. The van der Waals surface area contributed by atoms with Gasteiger partial charge >= 0.3 is 6.18 Å². The number of nitrogens with one attached hydrogen (secondary N) is 1. The molecule has 5 rings (SSSR count). The number of carbonyl (C=O) groups excluding carboxylic acids is 1. The van der Waals surface area contributed by atoms with Crippen LogP contribution in [0.15, 0.2) is 102 Å². The summed E-state index contributed by atoms with van der Waals surface area (Å²) in [5, 5.41) is 11.0. The number of nitrogens with zero attached hydrogens (tertiary/aromatic N) is 4. The third kappa shape index (κ3) is 5.88. The molecule has 0 saturated carbocycles. The summed E-state index contributed by atoms with van der Waals surface area (Å²) in [6, 6.07) is 23.0. The highest BCUT2D eigenvalue weighted by molar-refractivity contribution is 8.00. The summed E-state index contributed by atoms with van der Waals surface area (Å²) >= 11 is 7.30. The van der Waals surface area contributed by atoms with Crippen LogP contribution in [-0.4, -0.2) is 25.7 Å². The van der Waals surface area contributed by atoms with Crippen LogP contribution in [0.1, 0.15) is 21.9 Å². The van der Waals surface area contributed by atoms with E-state index in [0.29, 0.717) is 16.5 Å². The Morgan fingerprint density at radius 2 is 1.65 bits per heavy atom. The van der Waals surface area contributed by atoms with E-state index in [1.807, 2.05) is 54.0 Å². The number of pyridine rings is 1. The van der Waals surface area contributed by atoms with Gasteiger partial charge in [-0.05, 0) is 54.4 Å². The molecule has 2 heterocycles. The van der Waals surface area contributed by atoms with E-state index >= 15 is 0 Å². The quantitative estimate of drug-likeness (QED) is 0.199. The number of aryl methyl sites for hydroxylation is 1. The van der Waals surface area contributed by atoms with Gasteiger partial charge in [0.1, 0.15) is 5.25 Å². The van der Waals surface area contributed by atoms with Gasteiger partial charge in [0, 0.05) is 18.0 Å². The van der Waals surface area contributed by atoms with Crippen molar-refractivity contribution in [1.82, 2.24) is 19.7 Å². The van der Waals surface area contributed by atoms with E-state index < -0.39 is 22.9 Å². The molecular formula is C29H21ClF3N5OS. The van der Waals surface area contributed by atoms with Crippen molar-refractivity contribution in [2.75, 3.05) is 5.32 Å².